The maximum Gasteiger partial charge on any atom is 0.254 e. The smallest absolute Gasteiger partial charge is 0.254 e. The number of benzene rings is 1. The molecule has 1 aromatic carbocycles. The van der Waals surface area contributed by atoms with Crippen LogP contribution >= 0.6 is 0 Å². The molecule has 0 aliphatic carbocycles. The van der Waals surface area contributed by atoms with E-state index in [1.165, 1.54) is 0 Å². The van der Waals surface area contributed by atoms with Gasteiger partial charge in [0.25, 0.3) is 5.91 Å². The maximum absolute atomic E-state index is 13.1. The highest BCUT2D eigenvalue weighted by molar-refractivity contribution is 5.94. The fraction of sp³-hybridized carbons (Fsp3) is 0.462. The van der Waals surface area contributed by atoms with E-state index in [-0.39, 0.29) is 11.5 Å². The Balaban J connectivity index is 2.07. The van der Waals surface area contributed by atoms with Crippen LogP contribution in [-0.4, -0.2) is 37.0 Å². The number of carbonyl (C=O) groups excluding carboxylic acids is 1. The molecule has 1 N–H and O–H groups in total. The van der Waals surface area contributed by atoms with Gasteiger partial charge in [-0.05, 0) is 32.0 Å². The average molecular weight is 254 g/mol. The number of amides is 1. The Bertz CT molecular complexity index is 422. The summed E-state index contributed by atoms with van der Waals surface area (Å²) in [4.78, 5) is 13.7. The molecule has 3 nitrogen and oxygen atoms in total. The number of hydrogen-bond donors (Lipinski definition) is 1. The number of likely N-dealkylation sites (tertiary alicyclic amines) is 1. The third kappa shape index (κ3) is 2.85. The second-order valence-electron chi connectivity index (χ2n) is 4.51. The van der Waals surface area contributed by atoms with Crippen molar-refractivity contribution < 1.29 is 13.6 Å². The van der Waals surface area contributed by atoms with Crippen LogP contribution in [0.2, 0.25) is 0 Å². The van der Waals surface area contributed by atoms with Gasteiger partial charge in [-0.15, -0.1) is 0 Å². The van der Waals surface area contributed by atoms with Gasteiger partial charge < -0.3 is 10.2 Å². The predicted octanol–water partition coefficient (Wildman–Crippen LogP) is 1.79. The molecule has 98 valence electrons. The highest BCUT2D eigenvalue weighted by atomic mass is 19.1. The van der Waals surface area contributed by atoms with Crippen molar-refractivity contribution in [2.45, 2.75) is 18.9 Å². The molecule has 1 amide bonds. The first kappa shape index (κ1) is 13.0. The fourth-order valence-corrected chi connectivity index (χ4v) is 2.23. The van der Waals surface area contributed by atoms with Crippen molar-refractivity contribution in [3.63, 3.8) is 0 Å². The molecule has 0 bridgehead atoms. The van der Waals surface area contributed by atoms with E-state index in [4.69, 9.17) is 0 Å². The number of hydrogen-bond acceptors (Lipinski definition) is 2. The number of halogens is 2. The van der Waals surface area contributed by atoms with E-state index < -0.39 is 11.6 Å². The van der Waals surface area contributed by atoms with E-state index >= 15 is 0 Å². The van der Waals surface area contributed by atoms with Crippen molar-refractivity contribution in [3.8, 4) is 0 Å². The zero-order valence-corrected chi connectivity index (χ0v) is 10.2. The Morgan fingerprint density at radius 3 is 2.28 bits per heavy atom. The summed E-state index contributed by atoms with van der Waals surface area (Å²) in [5, 5.41) is 3.16. The zero-order valence-electron chi connectivity index (χ0n) is 10.2. The molecule has 0 spiro atoms. The monoisotopic (exact) mass is 254 g/mol. The van der Waals surface area contributed by atoms with Crippen LogP contribution in [0.4, 0.5) is 8.78 Å². The first-order valence-electron chi connectivity index (χ1n) is 6.03. The van der Waals surface area contributed by atoms with Crippen molar-refractivity contribution in [2.24, 2.45) is 0 Å². The first-order valence-corrected chi connectivity index (χ1v) is 6.03. The minimum atomic E-state index is -0.719. The van der Waals surface area contributed by atoms with Crippen LogP contribution < -0.4 is 5.32 Å². The van der Waals surface area contributed by atoms with E-state index in [9.17, 15) is 13.6 Å². The van der Waals surface area contributed by atoms with Gasteiger partial charge in [0.15, 0.2) is 0 Å². The molecular formula is C13H16F2N2O. The van der Waals surface area contributed by atoms with Gasteiger partial charge in [0, 0.05) is 30.8 Å². The molecule has 0 aromatic heterocycles. The summed E-state index contributed by atoms with van der Waals surface area (Å²) in [5.41, 5.74) is 0.0791. The van der Waals surface area contributed by atoms with Crippen molar-refractivity contribution in [1.29, 1.82) is 0 Å². The van der Waals surface area contributed by atoms with Crippen LogP contribution in [0.3, 0.4) is 0 Å². The Labute approximate surface area is 105 Å². The van der Waals surface area contributed by atoms with Crippen LogP contribution in [0, 0.1) is 11.6 Å². The van der Waals surface area contributed by atoms with Crippen LogP contribution in [0.25, 0.3) is 0 Å². The molecule has 1 aromatic rings. The van der Waals surface area contributed by atoms with Crippen LogP contribution in [-0.2, 0) is 0 Å². The summed E-state index contributed by atoms with van der Waals surface area (Å²) >= 11 is 0. The molecule has 0 saturated carbocycles. The SMILES string of the molecule is CNC1CCN(C(=O)c2cc(F)cc(F)c2)CC1. The number of nitrogens with one attached hydrogen (secondary N) is 1. The van der Waals surface area contributed by atoms with Gasteiger partial charge in [0.2, 0.25) is 0 Å². The van der Waals surface area contributed by atoms with E-state index in [1.54, 1.807) is 4.90 Å². The molecule has 1 aliphatic heterocycles. The maximum atomic E-state index is 13.1. The van der Waals surface area contributed by atoms with Gasteiger partial charge in [-0.2, -0.15) is 0 Å². The van der Waals surface area contributed by atoms with Crippen molar-refractivity contribution in [2.75, 3.05) is 20.1 Å². The van der Waals surface area contributed by atoms with Gasteiger partial charge in [-0.1, -0.05) is 0 Å². The van der Waals surface area contributed by atoms with Crippen molar-refractivity contribution in [3.05, 3.63) is 35.4 Å². The normalized spacial score (nSPS) is 16.9. The molecule has 2 rings (SSSR count). The zero-order chi connectivity index (χ0) is 13.1. The Hall–Kier alpha value is -1.49. The first-order chi connectivity index (χ1) is 8.60. The minimum Gasteiger partial charge on any atom is -0.339 e. The Kier molecular flexibility index (Phi) is 3.91. The third-order valence-electron chi connectivity index (χ3n) is 3.30. The predicted molar refractivity (Wildman–Crippen MR) is 64.3 cm³/mol. The molecule has 1 fully saturated rings. The van der Waals surface area contributed by atoms with Gasteiger partial charge in [0.1, 0.15) is 11.6 Å². The number of piperidine rings is 1. The van der Waals surface area contributed by atoms with Gasteiger partial charge >= 0.3 is 0 Å². The van der Waals surface area contributed by atoms with Gasteiger partial charge in [-0.3, -0.25) is 4.79 Å². The Morgan fingerprint density at radius 2 is 1.78 bits per heavy atom. The second-order valence-corrected chi connectivity index (χ2v) is 4.51. The lowest BCUT2D eigenvalue weighted by Crippen LogP contribution is -2.44. The van der Waals surface area contributed by atoms with Crippen molar-refractivity contribution in [1.82, 2.24) is 10.2 Å². The summed E-state index contributed by atoms with van der Waals surface area (Å²) < 4.78 is 26.1. The topological polar surface area (TPSA) is 32.3 Å². The highest BCUT2D eigenvalue weighted by Gasteiger charge is 2.23. The number of rotatable bonds is 2. The van der Waals surface area contributed by atoms with Crippen LogP contribution in [0.1, 0.15) is 23.2 Å². The standard InChI is InChI=1S/C13H16F2N2O/c1-16-12-2-4-17(5-3-12)13(18)9-6-10(14)8-11(15)7-9/h6-8,12,16H,2-5H2,1H3. The van der Waals surface area contributed by atoms with Crippen molar-refractivity contribution >= 4 is 5.91 Å². The van der Waals surface area contributed by atoms with Crippen LogP contribution in [0.5, 0.6) is 0 Å². The third-order valence-corrected chi connectivity index (χ3v) is 3.30. The minimum absolute atomic E-state index is 0.0791. The Morgan fingerprint density at radius 1 is 1.22 bits per heavy atom. The number of carbonyl (C=O) groups is 1. The molecule has 1 saturated heterocycles. The molecule has 1 heterocycles. The van der Waals surface area contributed by atoms with Gasteiger partial charge in [0.05, 0.1) is 0 Å². The molecule has 0 atom stereocenters. The van der Waals surface area contributed by atoms with E-state index in [1.807, 2.05) is 7.05 Å². The molecule has 1 aliphatic rings. The summed E-state index contributed by atoms with van der Waals surface area (Å²) in [6, 6.07) is 3.34. The lowest BCUT2D eigenvalue weighted by molar-refractivity contribution is 0.0706. The quantitative estimate of drug-likeness (QED) is 0.872. The largest absolute Gasteiger partial charge is 0.339 e. The summed E-state index contributed by atoms with van der Waals surface area (Å²) in [7, 11) is 1.89. The lowest BCUT2D eigenvalue weighted by Gasteiger charge is -2.31. The molecule has 0 unspecified atom stereocenters. The molecule has 18 heavy (non-hydrogen) atoms. The molecule has 5 heteroatoms. The van der Waals surface area contributed by atoms with Crippen LogP contribution in [0.15, 0.2) is 18.2 Å². The fourth-order valence-electron chi connectivity index (χ4n) is 2.23. The summed E-state index contributed by atoms with van der Waals surface area (Å²) in [6.45, 7) is 1.23. The van der Waals surface area contributed by atoms with E-state index in [0.717, 1.165) is 31.0 Å². The highest BCUT2D eigenvalue weighted by Crippen LogP contribution is 2.15. The summed E-state index contributed by atoms with van der Waals surface area (Å²) in [5.74, 6) is -1.74. The van der Waals surface area contributed by atoms with E-state index in [0.29, 0.717) is 19.1 Å². The second kappa shape index (κ2) is 5.44. The summed E-state index contributed by atoms with van der Waals surface area (Å²) in [6.07, 6.45) is 1.72. The number of nitrogens with zero attached hydrogens (tertiary/aromatic N) is 1. The molecular weight excluding hydrogens is 238 g/mol. The average Bonchev–Trinajstić information content (AvgIpc) is 2.37. The van der Waals surface area contributed by atoms with Gasteiger partial charge in [-0.25, -0.2) is 8.78 Å². The molecule has 0 radical (unpaired) electrons. The lowest BCUT2D eigenvalue weighted by atomic mass is 10.0. The van der Waals surface area contributed by atoms with E-state index in [2.05, 4.69) is 5.32 Å².